The Morgan fingerprint density at radius 1 is 0.514 bits per heavy atom. The van der Waals surface area contributed by atoms with Gasteiger partial charge >= 0.3 is 5.97 Å². The SMILES string of the molecule is CCCCCCCCCCCCCCCC(=O)NCCOCCOCC(=O)N[C@@H](CO)C(=O)N[C@@H](Cc1ccc(O)cc1)C(=O)N[C@@H](CO)C(=O)N[C@@H](CCCC)C(=O)N[C@@H](CCC(=O)O)C(=O)NC. The van der Waals surface area contributed by atoms with Crippen LogP contribution in [0.1, 0.15) is 141 Å². The lowest BCUT2D eigenvalue weighted by Crippen LogP contribution is -2.60. The van der Waals surface area contributed by atoms with Crippen LogP contribution < -0.4 is 37.2 Å². The zero-order chi connectivity index (χ0) is 51.9. The van der Waals surface area contributed by atoms with Crippen molar-refractivity contribution in [3.8, 4) is 5.75 Å². The minimum absolute atomic E-state index is 0.0120. The number of phenols is 1. The molecule has 1 rings (SSSR count). The van der Waals surface area contributed by atoms with Gasteiger partial charge in [-0.15, -0.1) is 0 Å². The van der Waals surface area contributed by atoms with Crippen molar-refractivity contribution in [1.82, 2.24) is 37.2 Å². The van der Waals surface area contributed by atoms with Crippen LogP contribution in [0.3, 0.4) is 0 Å². The van der Waals surface area contributed by atoms with Gasteiger partial charge in [-0.25, -0.2) is 0 Å². The van der Waals surface area contributed by atoms with Crippen LogP contribution in [0, 0.1) is 0 Å². The van der Waals surface area contributed by atoms with Gasteiger partial charge in [0, 0.05) is 32.9 Å². The number of aliphatic hydroxyl groups is 2. The van der Waals surface area contributed by atoms with Crippen molar-refractivity contribution in [2.45, 2.75) is 172 Å². The molecule has 0 aliphatic carbocycles. The summed E-state index contributed by atoms with van der Waals surface area (Å²) in [5, 5.41) is 56.3. The smallest absolute Gasteiger partial charge is 0.303 e. The van der Waals surface area contributed by atoms with Crippen molar-refractivity contribution in [3.63, 3.8) is 0 Å². The second-order valence-corrected chi connectivity index (χ2v) is 17.3. The van der Waals surface area contributed by atoms with E-state index in [4.69, 9.17) is 14.6 Å². The Bertz CT molecular complexity index is 1690. The third kappa shape index (κ3) is 29.6. The topological polar surface area (TPSA) is 320 Å². The van der Waals surface area contributed by atoms with E-state index in [1.807, 2.05) is 6.92 Å². The van der Waals surface area contributed by atoms with E-state index in [1.165, 1.54) is 95.5 Å². The third-order valence-electron chi connectivity index (χ3n) is 11.3. The van der Waals surface area contributed by atoms with Crippen LogP contribution >= 0.6 is 0 Å². The molecule has 0 heterocycles. The van der Waals surface area contributed by atoms with E-state index in [1.54, 1.807) is 0 Å². The molecule has 5 atom stereocenters. The fourth-order valence-electron chi connectivity index (χ4n) is 7.22. The first-order chi connectivity index (χ1) is 33.7. The maximum Gasteiger partial charge on any atom is 0.303 e. The average molecular weight is 994 g/mol. The summed E-state index contributed by atoms with van der Waals surface area (Å²) >= 11 is 0. The summed E-state index contributed by atoms with van der Waals surface area (Å²) in [5.74, 6) is -6.47. The molecule has 70 heavy (non-hydrogen) atoms. The summed E-state index contributed by atoms with van der Waals surface area (Å²) < 4.78 is 10.8. The van der Waals surface area contributed by atoms with E-state index in [-0.39, 0.29) is 50.7 Å². The number of ether oxygens (including phenoxy) is 2. The molecule has 0 aliphatic heterocycles. The highest BCUT2D eigenvalue weighted by molar-refractivity contribution is 5.96. The number of rotatable bonds is 42. The zero-order valence-corrected chi connectivity index (χ0v) is 41.7. The quantitative estimate of drug-likeness (QED) is 0.0417. The van der Waals surface area contributed by atoms with E-state index in [9.17, 15) is 53.7 Å². The number of aliphatic hydroxyl groups excluding tert-OH is 2. The van der Waals surface area contributed by atoms with E-state index >= 15 is 0 Å². The number of likely N-dealkylation sites (N-methyl/N-ethyl adjacent to an activating group) is 1. The van der Waals surface area contributed by atoms with Crippen LogP contribution in [0.5, 0.6) is 5.75 Å². The van der Waals surface area contributed by atoms with Gasteiger partial charge in [-0.05, 0) is 37.0 Å². The molecule has 1 aromatic carbocycles. The number of carbonyl (C=O) groups is 8. The van der Waals surface area contributed by atoms with Crippen LogP contribution in [0.25, 0.3) is 0 Å². The van der Waals surface area contributed by atoms with Crippen molar-refractivity contribution in [2.24, 2.45) is 0 Å². The molecular weight excluding hydrogens is 911 g/mol. The molecule has 0 fully saturated rings. The summed E-state index contributed by atoms with van der Waals surface area (Å²) in [7, 11) is 1.31. The van der Waals surface area contributed by atoms with E-state index in [0.29, 0.717) is 31.4 Å². The second kappa shape index (κ2) is 39.4. The molecule has 11 N–H and O–H groups in total. The molecule has 21 heteroatoms. The van der Waals surface area contributed by atoms with Crippen molar-refractivity contribution in [3.05, 3.63) is 29.8 Å². The van der Waals surface area contributed by atoms with Crippen LogP contribution in [0.15, 0.2) is 24.3 Å². The maximum absolute atomic E-state index is 13.7. The molecule has 398 valence electrons. The largest absolute Gasteiger partial charge is 0.508 e. The molecule has 0 aliphatic rings. The highest BCUT2D eigenvalue weighted by Gasteiger charge is 2.32. The number of benzene rings is 1. The first kappa shape index (κ1) is 62.6. The van der Waals surface area contributed by atoms with Crippen molar-refractivity contribution in [1.29, 1.82) is 0 Å². The number of carbonyl (C=O) groups excluding carboxylic acids is 7. The number of carboxylic acids is 1. The van der Waals surface area contributed by atoms with Crippen LogP contribution in [0.4, 0.5) is 0 Å². The minimum atomic E-state index is -1.66. The average Bonchev–Trinajstić information content (AvgIpc) is 3.34. The van der Waals surface area contributed by atoms with Gasteiger partial charge in [0.2, 0.25) is 41.4 Å². The number of hydrogen-bond donors (Lipinski definition) is 11. The zero-order valence-electron chi connectivity index (χ0n) is 41.7. The van der Waals surface area contributed by atoms with E-state index in [0.717, 1.165) is 19.3 Å². The number of amides is 7. The number of nitrogens with one attached hydrogen (secondary N) is 7. The molecule has 0 saturated carbocycles. The van der Waals surface area contributed by atoms with Crippen LogP contribution in [-0.4, -0.2) is 151 Å². The lowest BCUT2D eigenvalue weighted by Gasteiger charge is -2.26. The molecule has 0 radical (unpaired) electrons. The summed E-state index contributed by atoms with van der Waals surface area (Å²) in [6.45, 7) is 2.44. The highest BCUT2D eigenvalue weighted by atomic mass is 16.5. The molecule has 21 nitrogen and oxygen atoms in total. The minimum Gasteiger partial charge on any atom is -0.508 e. The fraction of sp³-hybridized carbons (Fsp3) is 0.714. The number of unbranched alkanes of at least 4 members (excludes halogenated alkanes) is 13. The number of phenolic OH excluding ortho intramolecular Hbond substituents is 1. The molecule has 0 saturated heterocycles. The van der Waals surface area contributed by atoms with E-state index in [2.05, 4.69) is 44.1 Å². The van der Waals surface area contributed by atoms with E-state index < -0.39 is 97.9 Å². The molecule has 1 aromatic rings. The van der Waals surface area contributed by atoms with Gasteiger partial charge in [-0.2, -0.15) is 0 Å². The Balaban J connectivity index is 2.65. The van der Waals surface area contributed by atoms with Crippen LogP contribution in [0.2, 0.25) is 0 Å². The number of aromatic hydroxyl groups is 1. The Morgan fingerprint density at radius 3 is 1.53 bits per heavy atom. The van der Waals surface area contributed by atoms with Gasteiger partial charge in [-0.3, -0.25) is 38.4 Å². The molecule has 7 amide bonds. The van der Waals surface area contributed by atoms with Crippen molar-refractivity contribution < 1.29 is 68.3 Å². The Morgan fingerprint density at radius 2 is 0.986 bits per heavy atom. The lowest BCUT2D eigenvalue weighted by atomic mass is 10.0. The summed E-state index contributed by atoms with van der Waals surface area (Å²) in [6, 6.07) is -1.52. The molecule has 0 unspecified atom stereocenters. The monoisotopic (exact) mass is 994 g/mol. The molecular formula is C49H83N7O14. The normalized spacial score (nSPS) is 13.2. The summed E-state index contributed by atoms with van der Waals surface area (Å²) in [4.78, 5) is 102. The molecule has 0 bridgehead atoms. The molecule has 0 spiro atoms. The predicted octanol–water partition coefficient (Wildman–Crippen LogP) is 1.78. The third-order valence-corrected chi connectivity index (χ3v) is 11.3. The standard InChI is InChI=1S/C49H83N7O14/c1-4-6-8-9-10-11-12-13-14-15-16-17-18-20-42(60)51-27-28-69-29-30-70-34-43(61)52-40(32-57)48(67)55-39(31-35-21-23-36(59)24-22-35)47(66)56-41(33-58)49(68)53-37(19-7-5-2)46(65)54-38(45(64)50-3)25-26-44(62)63/h21-24,37-41,57-59H,4-20,25-34H2,1-3H3,(H,50,64)(H,51,60)(H,52,61)(H,53,68)(H,54,65)(H,55,67)(H,56,66)(H,62,63)/t37-,38-,39-,40-,41-/m0/s1. The van der Waals surface area contributed by atoms with Crippen molar-refractivity contribution >= 4 is 47.3 Å². The maximum atomic E-state index is 13.7. The first-order valence-electron chi connectivity index (χ1n) is 25.0. The van der Waals surface area contributed by atoms with Gasteiger partial charge in [0.25, 0.3) is 0 Å². The number of carboxylic acid groups (broad SMARTS) is 1. The highest BCUT2D eigenvalue weighted by Crippen LogP contribution is 2.14. The predicted molar refractivity (Wildman–Crippen MR) is 261 cm³/mol. The van der Waals surface area contributed by atoms with Crippen LogP contribution in [-0.2, 0) is 54.3 Å². The van der Waals surface area contributed by atoms with Gasteiger partial charge in [-0.1, -0.05) is 116 Å². The first-order valence-corrected chi connectivity index (χ1v) is 25.0. The number of hydrogen-bond acceptors (Lipinski definition) is 13. The van der Waals surface area contributed by atoms with Gasteiger partial charge < -0.3 is 67.1 Å². The summed E-state index contributed by atoms with van der Waals surface area (Å²) in [6.07, 6.45) is 16.8. The summed E-state index contributed by atoms with van der Waals surface area (Å²) in [5.41, 5.74) is 0.445. The Kier molecular flexibility index (Phi) is 35.2. The van der Waals surface area contributed by atoms with Gasteiger partial charge in [0.15, 0.2) is 0 Å². The Hall–Kier alpha value is -5.38. The van der Waals surface area contributed by atoms with Crippen molar-refractivity contribution in [2.75, 3.05) is 53.2 Å². The van der Waals surface area contributed by atoms with Gasteiger partial charge in [0.05, 0.1) is 33.0 Å². The lowest BCUT2D eigenvalue weighted by molar-refractivity contribution is -0.138. The van der Waals surface area contributed by atoms with Gasteiger partial charge in [0.1, 0.15) is 42.6 Å². The molecule has 0 aromatic heterocycles. The number of aliphatic carboxylic acids is 1. The fourth-order valence-corrected chi connectivity index (χ4v) is 7.22. The second-order valence-electron chi connectivity index (χ2n) is 17.3. The Labute approximate surface area is 413 Å².